The number of aromatic nitrogens is 3. The summed E-state index contributed by atoms with van der Waals surface area (Å²) in [6, 6.07) is 10.7. The summed E-state index contributed by atoms with van der Waals surface area (Å²) in [6.45, 7) is 12.1. The third kappa shape index (κ3) is 3.70. The number of rotatable bonds is 7. The molecule has 0 aliphatic heterocycles. The maximum atomic E-state index is 5.32. The van der Waals surface area contributed by atoms with Crippen LogP contribution in [0.5, 0.6) is 0 Å². The number of nitrogens with zero attached hydrogens (tertiary/aromatic N) is 3. The van der Waals surface area contributed by atoms with E-state index < -0.39 is 0 Å². The average molecular weight is 432 g/mol. The highest BCUT2D eigenvalue weighted by Gasteiger charge is 2.69. The topological polar surface area (TPSA) is 62.7 Å². The number of pyridine rings is 1. The zero-order valence-electron chi connectivity index (χ0n) is 18.8. The number of benzene rings is 1. The predicted molar refractivity (Wildman–Crippen MR) is 134 cm³/mol. The van der Waals surface area contributed by atoms with Gasteiger partial charge in [-0.1, -0.05) is 37.3 Å². The number of hydrogen-bond acceptors (Lipinski definition) is 5. The van der Waals surface area contributed by atoms with Crippen LogP contribution in [0, 0.1) is 18.3 Å². The van der Waals surface area contributed by atoms with Crippen molar-refractivity contribution in [1.82, 2.24) is 15.0 Å². The zero-order chi connectivity index (χ0) is 23.2. The summed E-state index contributed by atoms with van der Waals surface area (Å²) < 4.78 is 0. The van der Waals surface area contributed by atoms with Gasteiger partial charge in [-0.15, -0.1) is 6.42 Å². The van der Waals surface area contributed by atoms with Gasteiger partial charge in [0.25, 0.3) is 0 Å². The van der Waals surface area contributed by atoms with Crippen molar-refractivity contribution in [2.24, 2.45) is 5.92 Å². The molecule has 5 nitrogen and oxygen atoms in total. The third-order valence-electron chi connectivity index (χ3n) is 6.29. The second-order valence-electron chi connectivity index (χ2n) is 8.66. The zero-order valence-corrected chi connectivity index (χ0v) is 18.8. The van der Waals surface area contributed by atoms with Gasteiger partial charge in [0, 0.05) is 35.6 Å². The molecule has 5 heteroatoms. The van der Waals surface area contributed by atoms with Crippen molar-refractivity contribution < 1.29 is 0 Å². The first kappa shape index (κ1) is 20.7. The molecule has 3 atom stereocenters. The molecule has 2 aliphatic carbocycles. The van der Waals surface area contributed by atoms with E-state index in [0.717, 1.165) is 22.4 Å². The minimum Gasteiger partial charge on any atom is -0.371 e. The van der Waals surface area contributed by atoms with Gasteiger partial charge >= 0.3 is 0 Å². The Kier molecular flexibility index (Phi) is 4.87. The number of allylic oxidation sites excluding steroid dienone is 1. The van der Waals surface area contributed by atoms with Gasteiger partial charge in [-0.3, -0.25) is 9.97 Å². The van der Waals surface area contributed by atoms with Gasteiger partial charge in [0.05, 0.1) is 28.5 Å². The quantitative estimate of drug-likeness (QED) is 0.440. The maximum Gasteiger partial charge on any atom is 0.145 e. The fourth-order valence-corrected chi connectivity index (χ4v) is 4.25. The molecule has 33 heavy (non-hydrogen) atoms. The summed E-state index contributed by atoms with van der Waals surface area (Å²) >= 11 is 0. The van der Waals surface area contributed by atoms with Gasteiger partial charge in [-0.25, -0.2) is 4.98 Å². The normalized spacial score (nSPS) is 21.3. The first-order valence-corrected chi connectivity index (χ1v) is 10.9. The third-order valence-corrected chi connectivity index (χ3v) is 6.29. The number of hydrogen-bond donors (Lipinski definition) is 2. The molecule has 1 saturated carbocycles. The van der Waals surface area contributed by atoms with Crippen molar-refractivity contribution in [2.45, 2.75) is 25.4 Å². The standard InChI is InChI=1S/C28H25N5/c1-6-8-26-19(5)32-27(16-30-26)31-18(4)20-9-7-10-23(12-20)33-28(24-13-25(24)28)22-11-21(17(2)3)14-29-15-22/h1,7-16,18,24,33H,2,5H2,3-4H3,(H,31,32)/b26-8+/t18-,24?,28?/m0/s1. The SMILES string of the molecule is C#C/C=c1/ncc(N[C@@H](C)c2cccc(NC3(c4cncc(C(=C)C)c4)C4=CC43)c2)nc1=C. The Bertz CT molecular complexity index is 1460. The molecule has 0 saturated heterocycles. The van der Waals surface area contributed by atoms with Crippen molar-refractivity contribution >= 4 is 29.7 Å². The Hall–Kier alpha value is -4.17. The molecular formula is C28H25N5. The average Bonchev–Trinajstić information content (AvgIpc) is 3.72. The second-order valence-corrected chi connectivity index (χ2v) is 8.66. The van der Waals surface area contributed by atoms with E-state index in [1.807, 2.05) is 19.3 Å². The highest BCUT2D eigenvalue weighted by molar-refractivity contribution is 5.75. The van der Waals surface area contributed by atoms with E-state index in [0.29, 0.717) is 22.4 Å². The Labute approximate surface area is 193 Å². The maximum absolute atomic E-state index is 5.32. The van der Waals surface area contributed by atoms with Crippen LogP contribution in [-0.4, -0.2) is 15.0 Å². The molecule has 0 spiro atoms. The molecular weight excluding hydrogens is 406 g/mol. The van der Waals surface area contributed by atoms with Gasteiger partial charge < -0.3 is 10.6 Å². The van der Waals surface area contributed by atoms with Crippen LogP contribution in [0.25, 0.3) is 18.2 Å². The lowest BCUT2D eigenvalue weighted by atomic mass is 9.96. The molecule has 1 fully saturated rings. The Morgan fingerprint density at radius 2 is 2.09 bits per heavy atom. The highest BCUT2D eigenvalue weighted by atomic mass is 15.1. The molecule has 5 rings (SSSR count). The van der Waals surface area contributed by atoms with Crippen LogP contribution in [0.1, 0.15) is 36.6 Å². The molecule has 2 aliphatic rings. The number of fused-ring (bicyclic) bond motifs is 1. The molecule has 2 aromatic heterocycles. The number of terminal acetylenes is 1. The van der Waals surface area contributed by atoms with Crippen molar-refractivity contribution in [2.75, 3.05) is 10.6 Å². The highest BCUT2D eigenvalue weighted by Crippen LogP contribution is 2.71. The Morgan fingerprint density at radius 3 is 2.76 bits per heavy atom. The van der Waals surface area contributed by atoms with E-state index in [4.69, 9.17) is 6.42 Å². The summed E-state index contributed by atoms with van der Waals surface area (Å²) in [7, 11) is 0. The van der Waals surface area contributed by atoms with Crippen molar-refractivity contribution in [1.29, 1.82) is 0 Å². The monoisotopic (exact) mass is 431 g/mol. The van der Waals surface area contributed by atoms with Crippen LogP contribution in [0.15, 0.2) is 67.2 Å². The van der Waals surface area contributed by atoms with Crippen LogP contribution in [-0.2, 0) is 5.54 Å². The van der Waals surface area contributed by atoms with Crippen LogP contribution < -0.4 is 21.3 Å². The molecule has 2 N–H and O–H groups in total. The van der Waals surface area contributed by atoms with E-state index in [-0.39, 0.29) is 11.6 Å². The lowest BCUT2D eigenvalue weighted by molar-refractivity contribution is 0.740. The molecule has 0 bridgehead atoms. The van der Waals surface area contributed by atoms with E-state index in [9.17, 15) is 0 Å². The summed E-state index contributed by atoms with van der Waals surface area (Å²) in [5.41, 5.74) is 6.76. The van der Waals surface area contributed by atoms with E-state index >= 15 is 0 Å². The number of anilines is 2. The lowest BCUT2D eigenvalue weighted by Crippen LogP contribution is -2.30. The smallest absolute Gasteiger partial charge is 0.145 e. The predicted octanol–water partition coefficient (Wildman–Crippen LogP) is 3.78. The van der Waals surface area contributed by atoms with Gasteiger partial charge in [0.1, 0.15) is 5.82 Å². The lowest BCUT2D eigenvalue weighted by Gasteiger charge is -2.24. The molecule has 2 heterocycles. The Balaban J connectivity index is 1.36. The molecule has 2 unspecified atom stereocenters. The summed E-state index contributed by atoms with van der Waals surface area (Å²) in [5.74, 6) is 3.60. The van der Waals surface area contributed by atoms with Crippen LogP contribution in [0.2, 0.25) is 0 Å². The van der Waals surface area contributed by atoms with Crippen LogP contribution >= 0.6 is 0 Å². The molecule has 0 radical (unpaired) electrons. The molecule has 162 valence electrons. The summed E-state index contributed by atoms with van der Waals surface area (Å²) in [6.07, 6.45) is 14.7. The minimum absolute atomic E-state index is 0.0280. The van der Waals surface area contributed by atoms with Crippen LogP contribution in [0.3, 0.4) is 0 Å². The summed E-state index contributed by atoms with van der Waals surface area (Å²) in [4.78, 5) is 13.3. The minimum atomic E-state index is -0.147. The van der Waals surface area contributed by atoms with E-state index in [2.05, 4.69) is 88.0 Å². The largest absolute Gasteiger partial charge is 0.371 e. The van der Waals surface area contributed by atoms with Gasteiger partial charge in [0.2, 0.25) is 0 Å². The summed E-state index contributed by atoms with van der Waals surface area (Å²) in [5, 5.41) is 8.34. The first-order valence-electron chi connectivity index (χ1n) is 10.9. The fourth-order valence-electron chi connectivity index (χ4n) is 4.25. The first-order chi connectivity index (χ1) is 15.9. The van der Waals surface area contributed by atoms with E-state index in [1.54, 1.807) is 12.3 Å². The van der Waals surface area contributed by atoms with Crippen LogP contribution in [0.4, 0.5) is 11.5 Å². The van der Waals surface area contributed by atoms with Crippen molar-refractivity contribution in [3.8, 4) is 12.3 Å². The van der Waals surface area contributed by atoms with Crippen molar-refractivity contribution in [3.63, 3.8) is 0 Å². The van der Waals surface area contributed by atoms with Crippen molar-refractivity contribution in [3.05, 3.63) is 94.5 Å². The second kappa shape index (κ2) is 7.75. The molecule has 0 amide bonds. The van der Waals surface area contributed by atoms with E-state index in [1.165, 1.54) is 11.1 Å². The molecule has 3 aromatic rings. The molecule has 1 aromatic carbocycles. The van der Waals surface area contributed by atoms with Gasteiger partial charge in [0.15, 0.2) is 0 Å². The number of nitrogens with one attached hydrogen (secondary N) is 2. The van der Waals surface area contributed by atoms with Gasteiger partial charge in [-0.05, 0) is 54.3 Å². The Morgan fingerprint density at radius 1 is 1.27 bits per heavy atom. The fraction of sp³-hybridized carbons (Fsp3) is 0.179. The van der Waals surface area contributed by atoms with Gasteiger partial charge in [-0.2, -0.15) is 0 Å².